The van der Waals surface area contributed by atoms with E-state index >= 15 is 0 Å². The summed E-state index contributed by atoms with van der Waals surface area (Å²) >= 11 is 7.74. The van der Waals surface area contributed by atoms with E-state index in [4.69, 9.17) is 11.6 Å². The average molecular weight is 352 g/mol. The third kappa shape index (κ3) is 3.59. The van der Waals surface area contributed by atoms with Crippen molar-refractivity contribution < 1.29 is 9.18 Å². The zero-order valence-electron chi connectivity index (χ0n) is 12.8. The molecule has 0 bridgehead atoms. The highest BCUT2D eigenvalue weighted by molar-refractivity contribution is 7.10. The molecule has 1 amide bonds. The molecule has 1 N–H and O–H groups in total. The highest BCUT2D eigenvalue weighted by atomic mass is 35.5. The molecule has 2 nitrogen and oxygen atoms in total. The van der Waals surface area contributed by atoms with Crippen molar-refractivity contribution in [3.05, 3.63) is 57.0 Å². The highest BCUT2D eigenvalue weighted by Gasteiger charge is 2.36. The summed E-state index contributed by atoms with van der Waals surface area (Å²) in [6.45, 7) is 0.610. The lowest BCUT2D eigenvalue weighted by Crippen LogP contribution is -2.39. The van der Waals surface area contributed by atoms with Gasteiger partial charge in [0.2, 0.25) is 5.91 Å². The first-order valence-corrected chi connectivity index (χ1v) is 9.10. The van der Waals surface area contributed by atoms with Crippen molar-refractivity contribution in [3.8, 4) is 0 Å². The van der Waals surface area contributed by atoms with Gasteiger partial charge in [0.05, 0.1) is 6.42 Å². The van der Waals surface area contributed by atoms with Crippen LogP contribution in [0.25, 0.3) is 0 Å². The van der Waals surface area contributed by atoms with Gasteiger partial charge in [-0.3, -0.25) is 4.79 Å². The monoisotopic (exact) mass is 351 g/mol. The van der Waals surface area contributed by atoms with E-state index < -0.39 is 5.82 Å². The van der Waals surface area contributed by atoms with Crippen LogP contribution < -0.4 is 5.32 Å². The zero-order valence-corrected chi connectivity index (χ0v) is 14.4. The summed E-state index contributed by atoms with van der Waals surface area (Å²) in [5.41, 5.74) is 0.311. The Morgan fingerprint density at radius 3 is 2.70 bits per heavy atom. The second-order valence-electron chi connectivity index (χ2n) is 6.12. The van der Waals surface area contributed by atoms with Gasteiger partial charge in [-0.25, -0.2) is 4.39 Å². The first-order chi connectivity index (χ1) is 11.1. The van der Waals surface area contributed by atoms with Crippen molar-refractivity contribution in [2.75, 3.05) is 6.54 Å². The number of halogens is 2. The van der Waals surface area contributed by atoms with Gasteiger partial charge in [0.1, 0.15) is 5.82 Å². The SMILES string of the molecule is O=C(Cc1c(F)cccc1Cl)NCC1(c2cccs2)CCCC1. The van der Waals surface area contributed by atoms with Crippen LogP contribution in [0.4, 0.5) is 4.39 Å². The lowest BCUT2D eigenvalue weighted by atomic mass is 9.84. The van der Waals surface area contributed by atoms with E-state index in [1.165, 1.54) is 23.8 Å². The van der Waals surface area contributed by atoms with Crippen LogP contribution in [0.3, 0.4) is 0 Å². The van der Waals surface area contributed by atoms with Crippen LogP contribution in [-0.2, 0) is 16.6 Å². The topological polar surface area (TPSA) is 29.1 Å². The molecule has 5 heteroatoms. The number of benzene rings is 1. The van der Waals surface area contributed by atoms with Crippen LogP contribution in [-0.4, -0.2) is 12.5 Å². The lowest BCUT2D eigenvalue weighted by Gasteiger charge is -2.28. The maximum atomic E-state index is 13.8. The Morgan fingerprint density at radius 2 is 2.04 bits per heavy atom. The third-order valence-electron chi connectivity index (χ3n) is 4.63. The number of nitrogens with one attached hydrogen (secondary N) is 1. The molecule has 0 aliphatic heterocycles. The fourth-order valence-electron chi connectivity index (χ4n) is 3.33. The summed E-state index contributed by atoms with van der Waals surface area (Å²) in [5.74, 6) is -0.610. The van der Waals surface area contributed by atoms with Gasteiger partial charge in [-0.2, -0.15) is 0 Å². The summed E-state index contributed by atoms with van der Waals surface area (Å²) < 4.78 is 13.8. The predicted octanol–water partition coefficient (Wildman–Crippen LogP) is 4.71. The summed E-state index contributed by atoms with van der Waals surface area (Å²) in [5, 5.41) is 5.38. The standard InChI is InChI=1S/C18H19ClFNOS/c19-14-5-3-6-15(20)13(14)11-17(22)21-12-18(8-1-2-9-18)16-7-4-10-23-16/h3-7,10H,1-2,8-9,11-12H2,(H,21,22). The second kappa shape index (κ2) is 7.02. The van der Waals surface area contributed by atoms with Crippen LogP contribution in [0.2, 0.25) is 5.02 Å². The molecule has 0 saturated heterocycles. The molecule has 1 fully saturated rings. The van der Waals surface area contributed by atoms with Crippen molar-refractivity contribution in [1.82, 2.24) is 5.32 Å². The lowest BCUT2D eigenvalue weighted by molar-refractivity contribution is -0.120. The minimum absolute atomic E-state index is 0.0218. The number of hydrogen-bond acceptors (Lipinski definition) is 2. The zero-order chi connectivity index (χ0) is 16.3. The fourth-order valence-corrected chi connectivity index (χ4v) is 4.55. The maximum Gasteiger partial charge on any atom is 0.224 e. The van der Waals surface area contributed by atoms with Crippen molar-refractivity contribution >= 4 is 28.8 Å². The predicted molar refractivity (Wildman–Crippen MR) is 92.6 cm³/mol. The van der Waals surface area contributed by atoms with Crippen LogP contribution in [0, 0.1) is 5.82 Å². The van der Waals surface area contributed by atoms with Crippen molar-refractivity contribution in [1.29, 1.82) is 0 Å². The number of thiophene rings is 1. The molecule has 0 atom stereocenters. The summed E-state index contributed by atoms with van der Waals surface area (Å²) in [4.78, 5) is 13.6. The van der Waals surface area contributed by atoms with Crippen molar-refractivity contribution in [2.45, 2.75) is 37.5 Å². The van der Waals surface area contributed by atoms with Gasteiger partial charge in [0, 0.05) is 27.4 Å². The van der Waals surface area contributed by atoms with Crippen LogP contribution >= 0.6 is 22.9 Å². The molecule has 1 aliphatic carbocycles. The molecule has 1 saturated carbocycles. The molecular weight excluding hydrogens is 333 g/mol. The Balaban J connectivity index is 1.66. The normalized spacial score (nSPS) is 16.4. The molecule has 1 aliphatic rings. The van der Waals surface area contributed by atoms with Gasteiger partial charge in [0.15, 0.2) is 0 Å². The molecular formula is C18H19ClFNOS. The van der Waals surface area contributed by atoms with Gasteiger partial charge in [-0.15, -0.1) is 11.3 Å². The van der Waals surface area contributed by atoms with E-state index in [0.717, 1.165) is 12.8 Å². The molecule has 1 aromatic heterocycles. The largest absolute Gasteiger partial charge is 0.355 e. The van der Waals surface area contributed by atoms with Gasteiger partial charge in [0.25, 0.3) is 0 Å². The van der Waals surface area contributed by atoms with Crippen LogP contribution in [0.15, 0.2) is 35.7 Å². The van der Waals surface area contributed by atoms with E-state index in [1.807, 2.05) is 0 Å². The Bertz CT molecular complexity index is 660. The molecule has 23 heavy (non-hydrogen) atoms. The maximum absolute atomic E-state index is 13.8. The van der Waals surface area contributed by atoms with Gasteiger partial charge in [-0.1, -0.05) is 36.6 Å². The average Bonchev–Trinajstić information content (AvgIpc) is 3.20. The Hall–Kier alpha value is -1.39. The first kappa shape index (κ1) is 16.5. The number of carbonyl (C=O) groups excluding carboxylic acids is 1. The van der Waals surface area contributed by atoms with E-state index in [1.54, 1.807) is 23.5 Å². The third-order valence-corrected chi connectivity index (χ3v) is 6.10. The fraction of sp³-hybridized carbons (Fsp3) is 0.389. The molecule has 1 heterocycles. The van der Waals surface area contributed by atoms with E-state index in [2.05, 4.69) is 22.8 Å². The molecule has 0 radical (unpaired) electrons. The molecule has 0 spiro atoms. The number of hydrogen-bond donors (Lipinski definition) is 1. The summed E-state index contributed by atoms with van der Waals surface area (Å²) in [7, 11) is 0. The Morgan fingerprint density at radius 1 is 1.26 bits per heavy atom. The summed E-state index contributed by atoms with van der Waals surface area (Å²) in [6.07, 6.45) is 4.54. The van der Waals surface area contributed by atoms with Crippen LogP contribution in [0.1, 0.15) is 36.1 Å². The van der Waals surface area contributed by atoms with Gasteiger partial charge in [-0.05, 0) is 36.4 Å². The number of amides is 1. The minimum Gasteiger partial charge on any atom is -0.355 e. The second-order valence-corrected chi connectivity index (χ2v) is 7.47. The quantitative estimate of drug-likeness (QED) is 0.830. The van der Waals surface area contributed by atoms with E-state index in [0.29, 0.717) is 11.6 Å². The molecule has 122 valence electrons. The molecule has 2 aromatic rings. The Labute approximate surface area is 144 Å². The van der Waals surface area contributed by atoms with Gasteiger partial charge >= 0.3 is 0 Å². The summed E-state index contributed by atoms with van der Waals surface area (Å²) in [6, 6.07) is 8.69. The van der Waals surface area contributed by atoms with E-state index in [9.17, 15) is 9.18 Å². The molecule has 3 rings (SSSR count). The smallest absolute Gasteiger partial charge is 0.224 e. The number of carbonyl (C=O) groups is 1. The first-order valence-electron chi connectivity index (χ1n) is 7.84. The van der Waals surface area contributed by atoms with E-state index in [-0.39, 0.29) is 23.3 Å². The molecule has 1 aromatic carbocycles. The Kier molecular flexibility index (Phi) is 5.02. The van der Waals surface area contributed by atoms with Gasteiger partial charge < -0.3 is 5.32 Å². The minimum atomic E-state index is -0.429. The van der Waals surface area contributed by atoms with Crippen LogP contribution in [0.5, 0.6) is 0 Å². The number of rotatable bonds is 5. The van der Waals surface area contributed by atoms with Crippen molar-refractivity contribution in [2.24, 2.45) is 0 Å². The highest BCUT2D eigenvalue weighted by Crippen LogP contribution is 2.42. The molecule has 0 unspecified atom stereocenters. The van der Waals surface area contributed by atoms with Crippen molar-refractivity contribution in [3.63, 3.8) is 0 Å².